The van der Waals surface area contributed by atoms with Crippen LogP contribution in [0.15, 0.2) is 53.0 Å². The molecule has 128 valence electrons. The average molecular weight is 398 g/mol. The van der Waals surface area contributed by atoms with Gasteiger partial charge in [0.25, 0.3) is 0 Å². The van der Waals surface area contributed by atoms with E-state index in [9.17, 15) is 4.79 Å². The van der Waals surface area contributed by atoms with E-state index in [-0.39, 0.29) is 5.97 Å². The molecule has 0 saturated carbocycles. The first-order valence-electron chi connectivity index (χ1n) is 8.15. The lowest BCUT2D eigenvalue weighted by Gasteiger charge is -2.21. The molecule has 0 atom stereocenters. The van der Waals surface area contributed by atoms with Gasteiger partial charge in [0.1, 0.15) is 5.60 Å². The molecule has 0 unspecified atom stereocenters. The van der Waals surface area contributed by atoms with E-state index >= 15 is 0 Å². The molecule has 0 radical (unpaired) electrons. The Labute approximate surface area is 156 Å². The van der Waals surface area contributed by atoms with Crippen LogP contribution < -0.4 is 0 Å². The molecule has 3 nitrogen and oxygen atoms in total. The average Bonchev–Trinajstić information content (AvgIpc) is 2.53. The van der Waals surface area contributed by atoms with Gasteiger partial charge in [0, 0.05) is 15.4 Å². The Bertz CT molecular complexity index is 944. The highest BCUT2D eigenvalue weighted by atomic mass is 79.9. The minimum Gasteiger partial charge on any atom is -0.456 e. The maximum absolute atomic E-state index is 12.9. The van der Waals surface area contributed by atoms with E-state index in [4.69, 9.17) is 9.72 Å². The van der Waals surface area contributed by atoms with E-state index < -0.39 is 5.60 Å². The van der Waals surface area contributed by atoms with Gasteiger partial charge in [-0.05, 0) is 51.5 Å². The van der Waals surface area contributed by atoms with Gasteiger partial charge in [-0.3, -0.25) is 0 Å². The first kappa shape index (κ1) is 17.6. The molecule has 0 aliphatic rings. The number of esters is 1. The van der Waals surface area contributed by atoms with Crippen LogP contribution in [0.25, 0.3) is 22.2 Å². The highest BCUT2D eigenvalue weighted by Gasteiger charge is 2.24. The van der Waals surface area contributed by atoms with Crippen molar-refractivity contribution in [3.8, 4) is 11.3 Å². The van der Waals surface area contributed by atoms with Gasteiger partial charge in [-0.2, -0.15) is 0 Å². The minimum absolute atomic E-state index is 0.326. The van der Waals surface area contributed by atoms with Crippen molar-refractivity contribution in [2.75, 3.05) is 0 Å². The maximum Gasteiger partial charge on any atom is 0.339 e. The van der Waals surface area contributed by atoms with E-state index in [1.165, 1.54) is 0 Å². The van der Waals surface area contributed by atoms with E-state index in [1.807, 2.05) is 76.2 Å². The molecule has 25 heavy (non-hydrogen) atoms. The molecule has 2 aromatic carbocycles. The third-order valence-electron chi connectivity index (χ3n) is 3.84. The maximum atomic E-state index is 12.9. The molecule has 3 rings (SSSR count). The molecule has 0 spiro atoms. The van der Waals surface area contributed by atoms with Crippen LogP contribution in [0, 0.1) is 6.92 Å². The molecule has 1 aromatic heterocycles. The van der Waals surface area contributed by atoms with Crippen LogP contribution in [0.3, 0.4) is 0 Å². The number of rotatable bonds is 2. The number of hydrogen-bond donors (Lipinski definition) is 0. The molecule has 0 N–H and O–H groups in total. The number of carbonyl (C=O) groups is 1. The van der Waals surface area contributed by atoms with Crippen LogP contribution in [-0.2, 0) is 4.74 Å². The Kier molecular flexibility index (Phi) is 4.65. The first-order chi connectivity index (χ1) is 11.8. The number of aromatic nitrogens is 1. The summed E-state index contributed by atoms with van der Waals surface area (Å²) in [6.45, 7) is 7.54. The quantitative estimate of drug-likeness (QED) is 0.503. The van der Waals surface area contributed by atoms with Crippen molar-refractivity contribution in [3.63, 3.8) is 0 Å². The van der Waals surface area contributed by atoms with Crippen LogP contribution in [-0.4, -0.2) is 16.6 Å². The molecule has 0 aliphatic carbocycles. The van der Waals surface area contributed by atoms with Gasteiger partial charge in [-0.1, -0.05) is 46.3 Å². The predicted octanol–water partition coefficient (Wildman–Crippen LogP) is 5.93. The van der Waals surface area contributed by atoms with Crippen molar-refractivity contribution in [2.24, 2.45) is 0 Å². The normalized spacial score (nSPS) is 11.6. The Morgan fingerprint density at radius 2 is 1.76 bits per heavy atom. The van der Waals surface area contributed by atoms with Crippen LogP contribution in [0.1, 0.15) is 36.7 Å². The molecule has 0 bridgehead atoms. The predicted molar refractivity (Wildman–Crippen MR) is 105 cm³/mol. The summed E-state index contributed by atoms with van der Waals surface area (Å²) >= 11 is 3.49. The topological polar surface area (TPSA) is 39.2 Å². The van der Waals surface area contributed by atoms with Gasteiger partial charge < -0.3 is 4.74 Å². The first-order valence-corrected chi connectivity index (χ1v) is 8.94. The molecule has 4 heteroatoms. The molecule has 0 saturated heterocycles. The SMILES string of the molecule is Cc1c(-c2ccccc2)nc2ccc(Br)cc2c1C(=O)OC(C)(C)C. The Morgan fingerprint density at radius 3 is 2.40 bits per heavy atom. The van der Waals surface area contributed by atoms with Crippen molar-refractivity contribution in [1.29, 1.82) is 0 Å². The second-order valence-electron chi connectivity index (χ2n) is 6.99. The number of hydrogen-bond acceptors (Lipinski definition) is 3. The van der Waals surface area contributed by atoms with Crippen molar-refractivity contribution in [3.05, 3.63) is 64.1 Å². The van der Waals surface area contributed by atoms with Crippen LogP contribution in [0.4, 0.5) is 0 Å². The number of benzene rings is 2. The summed E-state index contributed by atoms with van der Waals surface area (Å²) < 4.78 is 6.56. The highest BCUT2D eigenvalue weighted by Crippen LogP contribution is 2.32. The van der Waals surface area contributed by atoms with Gasteiger partial charge in [0.05, 0.1) is 16.8 Å². The van der Waals surface area contributed by atoms with Crippen molar-refractivity contribution >= 4 is 32.8 Å². The number of carbonyl (C=O) groups excluding carboxylic acids is 1. The molecule has 0 aliphatic heterocycles. The summed E-state index contributed by atoms with van der Waals surface area (Å²) in [5.74, 6) is -0.326. The van der Waals surface area contributed by atoms with E-state index in [2.05, 4.69) is 15.9 Å². The number of halogens is 1. The zero-order valence-corrected chi connectivity index (χ0v) is 16.3. The molecule has 1 heterocycles. The van der Waals surface area contributed by atoms with Gasteiger partial charge in [-0.15, -0.1) is 0 Å². The Balaban J connectivity index is 2.30. The van der Waals surface area contributed by atoms with Gasteiger partial charge >= 0.3 is 5.97 Å². The highest BCUT2D eigenvalue weighted by molar-refractivity contribution is 9.10. The van der Waals surface area contributed by atoms with E-state index in [1.54, 1.807) is 0 Å². The number of nitrogens with zero attached hydrogens (tertiary/aromatic N) is 1. The lowest BCUT2D eigenvalue weighted by molar-refractivity contribution is 0.00711. The summed E-state index contributed by atoms with van der Waals surface area (Å²) in [7, 11) is 0. The van der Waals surface area contributed by atoms with Crippen LogP contribution >= 0.6 is 15.9 Å². The monoisotopic (exact) mass is 397 g/mol. The van der Waals surface area contributed by atoms with E-state index in [0.717, 1.165) is 32.2 Å². The largest absolute Gasteiger partial charge is 0.456 e. The number of ether oxygens (including phenoxy) is 1. The zero-order valence-electron chi connectivity index (χ0n) is 14.8. The third-order valence-corrected chi connectivity index (χ3v) is 4.33. The molecule has 0 amide bonds. The summed E-state index contributed by atoms with van der Waals surface area (Å²) in [6.07, 6.45) is 0. The second kappa shape index (κ2) is 6.60. The fraction of sp³-hybridized carbons (Fsp3) is 0.238. The molecular weight excluding hydrogens is 378 g/mol. The van der Waals surface area contributed by atoms with Gasteiger partial charge in [0.2, 0.25) is 0 Å². The Hall–Kier alpha value is -2.20. The van der Waals surface area contributed by atoms with Crippen LogP contribution in [0.2, 0.25) is 0 Å². The summed E-state index contributed by atoms with van der Waals surface area (Å²) in [5.41, 5.74) is 3.39. The smallest absolute Gasteiger partial charge is 0.339 e. The van der Waals surface area contributed by atoms with E-state index in [0.29, 0.717) is 5.56 Å². The van der Waals surface area contributed by atoms with Gasteiger partial charge in [0.15, 0.2) is 0 Å². The van der Waals surface area contributed by atoms with Crippen molar-refractivity contribution in [2.45, 2.75) is 33.3 Å². The zero-order chi connectivity index (χ0) is 18.2. The van der Waals surface area contributed by atoms with Gasteiger partial charge in [-0.25, -0.2) is 9.78 Å². The number of fused-ring (bicyclic) bond motifs is 1. The summed E-state index contributed by atoms with van der Waals surface area (Å²) in [6, 6.07) is 15.7. The fourth-order valence-corrected chi connectivity index (χ4v) is 3.16. The standard InChI is InChI=1S/C21H20BrNO2/c1-13-18(20(24)25-21(2,3)4)16-12-15(22)10-11-17(16)23-19(13)14-8-6-5-7-9-14/h5-12H,1-4H3. The van der Waals surface area contributed by atoms with Crippen molar-refractivity contribution in [1.82, 2.24) is 4.98 Å². The third kappa shape index (κ3) is 3.74. The summed E-state index contributed by atoms with van der Waals surface area (Å²) in [5, 5.41) is 0.792. The fourth-order valence-electron chi connectivity index (χ4n) is 2.80. The number of pyridine rings is 1. The molecular formula is C21H20BrNO2. The molecule has 3 aromatic rings. The minimum atomic E-state index is -0.558. The molecule has 0 fully saturated rings. The lowest BCUT2D eigenvalue weighted by Crippen LogP contribution is -2.24. The second-order valence-corrected chi connectivity index (χ2v) is 7.91. The summed E-state index contributed by atoms with van der Waals surface area (Å²) in [4.78, 5) is 17.7. The van der Waals surface area contributed by atoms with Crippen LogP contribution in [0.5, 0.6) is 0 Å². The van der Waals surface area contributed by atoms with Crippen molar-refractivity contribution < 1.29 is 9.53 Å². The Morgan fingerprint density at radius 1 is 1.08 bits per heavy atom. The lowest BCUT2D eigenvalue weighted by atomic mass is 9.97.